The molecule has 2 fully saturated rings. The van der Waals surface area contributed by atoms with Crippen molar-refractivity contribution in [2.45, 2.75) is 65.7 Å². The van der Waals surface area contributed by atoms with Gasteiger partial charge in [-0.1, -0.05) is 45.7 Å². The highest BCUT2D eigenvalue weighted by Gasteiger charge is 2.50. The van der Waals surface area contributed by atoms with E-state index in [1.807, 2.05) is 27.7 Å². The summed E-state index contributed by atoms with van der Waals surface area (Å²) in [6, 6.07) is 5.02. The Morgan fingerprint density at radius 2 is 1.81 bits per heavy atom. The summed E-state index contributed by atoms with van der Waals surface area (Å²) in [5, 5.41) is 5.98. The molecule has 0 bridgehead atoms. The number of carbonyl (C=O) groups is 3. The van der Waals surface area contributed by atoms with Crippen molar-refractivity contribution in [3.63, 3.8) is 0 Å². The normalized spacial score (nSPS) is 21.1. The van der Waals surface area contributed by atoms with Crippen molar-refractivity contribution in [2.75, 3.05) is 26.7 Å². The van der Waals surface area contributed by atoms with E-state index in [9.17, 15) is 18.8 Å². The van der Waals surface area contributed by atoms with Gasteiger partial charge in [-0.15, -0.1) is 0 Å². The Morgan fingerprint density at radius 1 is 1.16 bits per heavy atom. The first-order valence-electron chi connectivity index (χ1n) is 11.5. The molecule has 8 nitrogen and oxygen atoms in total. The Bertz CT molecular complexity index is 788. The molecular formula is C23H36FN5O3. The van der Waals surface area contributed by atoms with Crippen molar-refractivity contribution in [1.82, 2.24) is 25.1 Å². The quantitative estimate of drug-likeness (QED) is 0.725. The van der Waals surface area contributed by atoms with Crippen LogP contribution in [0.25, 0.3) is 0 Å². The van der Waals surface area contributed by atoms with E-state index in [-0.39, 0.29) is 43.3 Å². The molecule has 2 heterocycles. The van der Waals surface area contributed by atoms with Gasteiger partial charge in [-0.25, -0.2) is 19.2 Å². The lowest BCUT2D eigenvalue weighted by atomic mass is 10.0. The summed E-state index contributed by atoms with van der Waals surface area (Å²) in [7, 11) is 1.69. The van der Waals surface area contributed by atoms with E-state index in [1.54, 1.807) is 34.0 Å². The van der Waals surface area contributed by atoms with Gasteiger partial charge in [0.2, 0.25) is 11.8 Å². The van der Waals surface area contributed by atoms with E-state index < -0.39 is 12.2 Å². The van der Waals surface area contributed by atoms with Crippen molar-refractivity contribution >= 4 is 17.8 Å². The molecule has 2 saturated heterocycles. The van der Waals surface area contributed by atoms with E-state index >= 15 is 0 Å². The molecule has 0 radical (unpaired) electrons. The Morgan fingerprint density at radius 3 is 2.41 bits per heavy atom. The van der Waals surface area contributed by atoms with Crippen LogP contribution in [0.5, 0.6) is 0 Å². The smallest absolute Gasteiger partial charge is 0.334 e. The summed E-state index contributed by atoms with van der Waals surface area (Å²) < 4.78 is 13.1. The van der Waals surface area contributed by atoms with Crippen LogP contribution < -0.4 is 5.32 Å². The van der Waals surface area contributed by atoms with Gasteiger partial charge in [-0.05, 0) is 31.0 Å². The van der Waals surface area contributed by atoms with E-state index in [1.165, 1.54) is 17.1 Å². The standard InChI is InChI=1S/C21H30FN5O3.C2H6/c1-4-6-7-17-20(29)25(5-2)13-18-26(17)19(28)14-24(3)27(18)21(30)23-12-15-8-10-16(22)11-9-15;1-2/h8-11,17-18H,4-7,12-14H2,1-3H3,(H,23,30);1-2H3/t17-,18?;/m0./s1. The molecule has 4 amide bonds. The molecule has 1 aromatic rings. The third-order valence-electron chi connectivity index (χ3n) is 5.72. The molecule has 32 heavy (non-hydrogen) atoms. The van der Waals surface area contributed by atoms with Gasteiger partial charge in [-0.2, -0.15) is 0 Å². The number of unbranched alkanes of at least 4 members (excludes halogenated alkanes) is 1. The minimum Gasteiger partial charge on any atom is -0.337 e. The predicted octanol–water partition coefficient (Wildman–Crippen LogP) is 2.80. The second kappa shape index (κ2) is 11.8. The number of piperazine rings is 1. The first-order valence-corrected chi connectivity index (χ1v) is 11.5. The van der Waals surface area contributed by atoms with Crippen molar-refractivity contribution in [3.05, 3.63) is 35.6 Å². The molecule has 2 atom stereocenters. The lowest BCUT2D eigenvalue weighted by Crippen LogP contribution is -2.75. The van der Waals surface area contributed by atoms with Crippen LogP contribution in [0, 0.1) is 5.82 Å². The summed E-state index contributed by atoms with van der Waals surface area (Å²) in [4.78, 5) is 42.2. The maximum Gasteiger partial charge on any atom is 0.334 e. The Hall–Kier alpha value is -2.68. The number of benzene rings is 1. The Labute approximate surface area is 190 Å². The first-order chi connectivity index (χ1) is 15.4. The predicted molar refractivity (Wildman–Crippen MR) is 121 cm³/mol. The largest absolute Gasteiger partial charge is 0.337 e. The highest BCUT2D eigenvalue weighted by atomic mass is 19.1. The Kier molecular flexibility index (Phi) is 9.43. The third-order valence-corrected chi connectivity index (χ3v) is 5.72. The fourth-order valence-electron chi connectivity index (χ4n) is 4.13. The minimum absolute atomic E-state index is 0.0303. The van der Waals surface area contributed by atoms with Gasteiger partial charge in [0.05, 0.1) is 13.1 Å². The number of likely N-dealkylation sites (N-methyl/N-ethyl adjacent to an activating group) is 2. The monoisotopic (exact) mass is 449 g/mol. The summed E-state index contributed by atoms with van der Waals surface area (Å²) in [6.07, 6.45) is 1.79. The molecular weight excluding hydrogens is 413 g/mol. The number of halogens is 1. The topological polar surface area (TPSA) is 76.2 Å². The number of nitrogens with one attached hydrogen (secondary N) is 1. The SMILES string of the molecule is CC.CCCC[C@H]1C(=O)N(CC)CC2N1C(=O)CN(C)N2C(=O)NCc1ccc(F)cc1. The Balaban J connectivity index is 0.00000176. The molecule has 1 aromatic carbocycles. The second-order valence-corrected chi connectivity index (χ2v) is 7.76. The van der Waals surface area contributed by atoms with E-state index in [0.717, 1.165) is 18.4 Å². The average molecular weight is 450 g/mol. The molecule has 2 aliphatic rings. The lowest BCUT2D eigenvalue weighted by molar-refractivity contribution is -0.187. The number of hydrogen-bond acceptors (Lipinski definition) is 4. The lowest BCUT2D eigenvalue weighted by Gasteiger charge is -2.54. The van der Waals surface area contributed by atoms with Gasteiger partial charge in [0.1, 0.15) is 18.0 Å². The summed E-state index contributed by atoms with van der Waals surface area (Å²) in [5.74, 6) is -0.526. The summed E-state index contributed by atoms with van der Waals surface area (Å²) in [5.41, 5.74) is 0.771. The number of urea groups is 1. The molecule has 2 aliphatic heterocycles. The number of amides is 4. The molecule has 1 unspecified atom stereocenters. The zero-order chi connectivity index (χ0) is 23.8. The number of carbonyl (C=O) groups excluding carboxylic acids is 3. The summed E-state index contributed by atoms with van der Waals surface area (Å²) in [6.45, 7) is 9.01. The molecule has 0 aromatic heterocycles. The molecule has 0 saturated carbocycles. The molecule has 178 valence electrons. The van der Waals surface area contributed by atoms with Gasteiger partial charge in [0.15, 0.2) is 0 Å². The van der Waals surface area contributed by atoms with Gasteiger partial charge in [0.25, 0.3) is 0 Å². The van der Waals surface area contributed by atoms with Gasteiger partial charge in [-0.3, -0.25) is 9.59 Å². The van der Waals surface area contributed by atoms with E-state index in [4.69, 9.17) is 0 Å². The summed E-state index contributed by atoms with van der Waals surface area (Å²) >= 11 is 0. The fourth-order valence-corrected chi connectivity index (χ4v) is 4.13. The van der Waals surface area contributed by atoms with E-state index in [2.05, 4.69) is 5.32 Å². The molecule has 1 N–H and O–H groups in total. The fraction of sp³-hybridized carbons (Fsp3) is 0.609. The second-order valence-electron chi connectivity index (χ2n) is 7.76. The first kappa shape index (κ1) is 25.6. The van der Waals surface area contributed by atoms with Crippen molar-refractivity contribution < 1.29 is 18.8 Å². The zero-order valence-electron chi connectivity index (χ0n) is 19.8. The van der Waals surface area contributed by atoms with Crippen LogP contribution in [0.3, 0.4) is 0 Å². The van der Waals surface area contributed by atoms with Crippen LogP contribution in [0.1, 0.15) is 52.5 Å². The van der Waals surface area contributed by atoms with Crippen LogP contribution in [0.4, 0.5) is 9.18 Å². The molecule has 9 heteroatoms. The van der Waals surface area contributed by atoms with Gasteiger partial charge in [0, 0.05) is 20.1 Å². The molecule has 3 rings (SSSR count). The molecule has 0 aliphatic carbocycles. The third kappa shape index (κ3) is 5.56. The number of rotatable bonds is 6. The zero-order valence-corrected chi connectivity index (χ0v) is 19.8. The van der Waals surface area contributed by atoms with Crippen LogP contribution >= 0.6 is 0 Å². The molecule has 0 spiro atoms. The minimum atomic E-state index is -0.552. The van der Waals surface area contributed by atoms with Crippen molar-refractivity contribution in [3.8, 4) is 0 Å². The van der Waals surface area contributed by atoms with Crippen molar-refractivity contribution in [2.24, 2.45) is 0 Å². The van der Waals surface area contributed by atoms with Gasteiger partial charge >= 0.3 is 6.03 Å². The van der Waals surface area contributed by atoms with Crippen LogP contribution in [-0.4, -0.2) is 76.6 Å². The maximum absolute atomic E-state index is 13.1. The van der Waals surface area contributed by atoms with Gasteiger partial charge < -0.3 is 15.1 Å². The number of nitrogens with zero attached hydrogens (tertiary/aromatic N) is 4. The average Bonchev–Trinajstić information content (AvgIpc) is 2.79. The highest BCUT2D eigenvalue weighted by molar-refractivity contribution is 5.91. The van der Waals surface area contributed by atoms with E-state index in [0.29, 0.717) is 13.0 Å². The highest BCUT2D eigenvalue weighted by Crippen LogP contribution is 2.28. The maximum atomic E-state index is 13.1. The number of hydrogen-bond donors (Lipinski definition) is 1. The van der Waals surface area contributed by atoms with Crippen molar-refractivity contribution in [1.29, 1.82) is 0 Å². The van der Waals surface area contributed by atoms with Crippen LogP contribution in [0.15, 0.2) is 24.3 Å². The number of hydrazine groups is 1. The number of fused-ring (bicyclic) bond motifs is 1. The van der Waals surface area contributed by atoms with Crippen LogP contribution in [0.2, 0.25) is 0 Å². The van der Waals surface area contributed by atoms with Crippen LogP contribution in [-0.2, 0) is 16.1 Å².